The summed E-state index contributed by atoms with van der Waals surface area (Å²) in [5, 5.41) is 19.1. The number of nitrogen functional groups attached to an aromatic ring is 1. The predicted molar refractivity (Wildman–Crippen MR) is 59.6 cm³/mol. The fourth-order valence-electron chi connectivity index (χ4n) is 1.60. The molecule has 6 heteroatoms. The number of hydrogen-bond acceptors (Lipinski definition) is 5. The summed E-state index contributed by atoms with van der Waals surface area (Å²) in [4.78, 5) is 3.81. The molecule has 1 aromatic rings. The summed E-state index contributed by atoms with van der Waals surface area (Å²) in [7, 11) is 0. The highest BCUT2D eigenvalue weighted by atomic mass is 16.6. The van der Waals surface area contributed by atoms with E-state index in [-0.39, 0.29) is 5.95 Å². The Hall–Kier alpha value is -1.11. The van der Waals surface area contributed by atoms with Gasteiger partial charge in [-0.15, -0.1) is 0 Å². The molecule has 0 aliphatic carbocycles. The minimum Gasteiger partial charge on any atom is -0.388 e. The Morgan fingerprint density at radius 2 is 2.00 bits per heavy atom. The lowest BCUT2D eigenvalue weighted by Crippen LogP contribution is -2.30. The summed E-state index contributed by atoms with van der Waals surface area (Å²) in [6.45, 7) is 5.70. The molecule has 4 atom stereocenters. The van der Waals surface area contributed by atoms with Crippen molar-refractivity contribution in [3.05, 3.63) is 12.4 Å². The van der Waals surface area contributed by atoms with E-state index in [0.717, 1.165) is 0 Å². The van der Waals surface area contributed by atoms with Gasteiger partial charge in [-0.1, -0.05) is 13.8 Å². The molecule has 1 aromatic heterocycles. The molecule has 4 N–H and O–H groups in total. The number of rotatable bonds is 1. The summed E-state index contributed by atoms with van der Waals surface area (Å²) in [5.74, 6) is 0.260. The SMILES string of the molecule is CC.CC1OC(n2ccnc2N)[C@H](O)[C@@H]1O. The molecule has 0 bridgehead atoms. The average Bonchev–Trinajstić information content (AvgIpc) is 2.81. The minimum atomic E-state index is -0.971. The molecule has 1 aliphatic rings. The first-order valence-corrected chi connectivity index (χ1v) is 5.41. The molecule has 0 saturated carbocycles. The van der Waals surface area contributed by atoms with Gasteiger partial charge in [-0.3, -0.25) is 4.57 Å². The maximum atomic E-state index is 9.64. The number of aliphatic hydroxyl groups excluding tert-OH is 2. The van der Waals surface area contributed by atoms with Crippen LogP contribution in [-0.2, 0) is 4.74 Å². The Kier molecular flexibility index (Phi) is 4.28. The lowest BCUT2D eigenvalue weighted by atomic mass is 10.1. The van der Waals surface area contributed by atoms with Crippen molar-refractivity contribution in [2.75, 3.05) is 5.73 Å². The minimum absolute atomic E-state index is 0.260. The van der Waals surface area contributed by atoms with E-state index in [2.05, 4.69) is 4.98 Å². The second-order valence-electron chi connectivity index (χ2n) is 3.41. The fourth-order valence-corrected chi connectivity index (χ4v) is 1.60. The Balaban J connectivity index is 0.000000606. The monoisotopic (exact) mass is 229 g/mol. The van der Waals surface area contributed by atoms with Gasteiger partial charge in [0.15, 0.2) is 6.23 Å². The number of nitrogens with zero attached hydrogens (tertiary/aromatic N) is 2. The number of hydrogen-bond donors (Lipinski definition) is 3. The van der Waals surface area contributed by atoms with Crippen molar-refractivity contribution in [2.45, 2.75) is 45.3 Å². The number of aliphatic hydroxyl groups is 2. The van der Waals surface area contributed by atoms with E-state index >= 15 is 0 Å². The van der Waals surface area contributed by atoms with Crippen molar-refractivity contribution in [1.82, 2.24) is 9.55 Å². The average molecular weight is 229 g/mol. The van der Waals surface area contributed by atoms with E-state index in [0.29, 0.717) is 0 Å². The van der Waals surface area contributed by atoms with Crippen LogP contribution in [0.2, 0.25) is 0 Å². The van der Waals surface area contributed by atoms with Crippen LogP contribution in [0.25, 0.3) is 0 Å². The predicted octanol–water partition coefficient (Wildman–Crippen LogP) is 0.131. The zero-order valence-corrected chi connectivity index (χ0v) is 9.74. The van der Waals surface area contributed by atoms with Crippen molar-refractivity contribution in [3.63, 3.8) is 0 Å². The standard InChI is InChI=1S/C8H13N3O3.C2H6/c1-4-5(12)6(13)7(14-4)11-3-2-10-8(11)9;1-2/h2-7,12-13H,1H3,(H2,9,10);1-2H3/t4?,5-,6-,7?;/m1./s1. The molecule has 2 unspecified atom stereocenters. The Labute approximate surface area is 94.7 Å². The second-order valence-corrected chi connectivity index (χ2v) is 3.41. The van der Waals surface area contributed by atoms with Gasteiger partial charge in [0, 0.05) is 12.4 Å². The number of nitrogens with two attached hydrogens (primary N) is 1. The highest BCUT2D eigenvalue weighted by molar-refractivity contribution is 5.18. The maximum Gasteiger partial charge on any atom is 0.202 e. The normalized spacial score (nSPS) is 33.3. The van der Waals surface area contributed by atoms with Gasteiger partial charge < -0.3 is 20.7 Å². The molecule has 6 nitrogen and oxygen atoms in total. The van der Waals surface area contributed by atoms with Crippen LogP contribution in [0.3, 0.4) is 0 Å². The van der Waals surface area contributed by atoms with Crippen LogP contribution in [0.4, 0.5) is 5.95 Å². The Bertz CT molecular complexity index is 329. The van der Waals surface area contributed by atoms with Gasteiger partial charge in [0.2, 0.25) is 5.95 Å². The molecular weight excluding hydrogens is 210 g/mol. The molecule has 0 radical (unpaired) electrons. The van der Waals surface area contributed by atoms with E-state index in [1.165, 1.54) is 10.8 Å². The van der Waals surface area contributed by atoms with Crippen LogP contribution < -0.4 is 5.73 Å². The largest absolute Gasteiger partial charge is 0.388 e. The molecule has 1 fully saturated rings. The molecular formula is C10H19N3O3. The molecule has 1 saturated heterocycles. The molecule has 92 valence electrons. The Morgan fingerprint density at radius 3 is 2.38 bits per heavy atom. The van der Waals surface area contributed by atoms with Crippen LogP contribution in [0.15, 0.2) is 12.4 Å². The molecule has 2 rings (SSSR count). The summed E-state index contributed by atoms with van der Waals surface area (Å²) >= 11 is 0. The van der Waals surface area contributed by atoms with Gasteiger partial charge in [0.05, 0.1) is 6.10 Å². The highest BCUT2D eigenvalue weighted by Crippen LogP contribution is 2.30. The molecule has 2 heterocycles. The molecule has 1 aliphatic heterocycles. The fraction of sp³-hybridized carbons (Fsp3) is 0.700. The summed E-state index contributed by atoms with van der Waals surface area (Å²) in [6, 6.07) is 0. The van der Waals surface area contributed by atoms with Crippen molar-refractivity contribution in [3.8, 4) is 0 Å². The first-order chi connectivity index (χ1) is 7.61. The molecule has 0 aromatic carbocycles. The molecule has 0 amide bonds. The van der Waals surface area contributed by atoms with E-state index in [4.69, 9.17) is 10.5 Å². The third-order valence-electron chi connectivity index (χ3n) is 2.45. The first kappa shape index (κ1) is 13.0. The lowest BCUT2D eigenvalue weighted by Gasteiger charge is -2.16. The summed E-state index contributed by atoms with van der Waals surface area (Å²) < 4.78 is 6.85. The number of anilines is 1. The van der Waals surface area contributed by atoms with Gasteiger partial charge >= 0.3 is 0 Å². The molecule has 0 spiro atoms. The number of aromatic nitrogens is 2. The van der Waals surface area contributed by atoms with Gasteiger partial charge in [0.25, 0.3) is 0 Å². The third kappa shape index (κ3) is 2.18. The lowest BCUT2D eigenvalue weighted by molar-refractivity contribution is -0.0307. The summed E-state index contributed by atoms with van der Waals surface area (Å²) in [5.41, 5.74) is 5.55. The third-order valence-corrected chi connectivity index (χ3v) is 2.45. The number of ether oxygens (including phenoxy) is 1. The Morgan fingerprint density at radius 1 is 1.38 bits per heavy atom. The smallest absolute Gasteiger partial charge is 0.202 e. The maximum absolute atomic E-state index is 9.64. The van der Waals surface area contributed by atoms with Crippen LogP contribution in [0, 0.1) is 0 Å². The van der Waals surface area contributed by atoms with Gasteiger partial charge in [-0.2, -0.15) is 0 Å². The zero-order chi connectivity index (χ0) is 12.3. The van der Waals surface area contributed by atoms with Gasteiger partial charge in [0.1, 0.15) is 12.2 Å². The van der Waals surface area contributed by atoms with Gasteiger partial charge in [-0.25, -0.2) is 4.98 Å². The highest BCUT2D eigenvalue weighted by Gasteiger charge is 2.41. The molecule has 16 heavy (non-hydrogen) atoms. The van der Waals surface area contributed by atoms with Crippen LogP contribution in [0.5, 0.6) is 0 Å². The van der Waals surface area contributed by atoms with E-state index in [9.17, 15) is 10.2 Å². The first-order valence-electron chi connectivity index (χ1n) is 5.41. The second kappa shape index (κ2) is 5.29. The summed E-state index contributed by atoms with van der Waals surface area (Å²) in [6.07, 6.45) is 0.206. The van der Waals surface area contributed by atoms with Crippen molar-refractivity contribution >= 4 is 5.95 Å². The van der Waals surface area contributed by atoms with Gasteiger partial charge in [-0.05, 0) is 6.92 Å². The van der Waals surface area contributed by atoms with Crippen molar-refractivity contribution < 1.29 is 14.9 Å². The topological polar surface area (TPSA) is 93.5 Å². The quantitative estimate of drug-likeness (QED) is 0.636. The van der Waals surface area contributed by atoms with Crippen LogP contribution in [0.1, 0.15) is 27.0 Å². The van der Waals surface area contributed by atoms with E-state index in [1.807, 2.05) is 13.8 Å². The van der Waals surface area contributed by atoms with E-state index in [1.54, 1.807) is 13.1 Å². The number of imidazole rings is 1. The van der Waals surface area contributed by atoms with E-state index < -0.39 is 24.5 Å². The van der Waals surface area contributed by atoms with Crippen molar-refractivity contribution in [2.24, 2.45) is 0 Å². The van der Waals surface area contributed by atoms with Crippen LogP contribution >= 0.6 is 0 Å². The van der Waals surface area contributed by atoms with Crippen LogP contribution in [-0.4, -0.2) is 38.1 Å². The van der Waals surface area contributed by atoms with Crippen molar-refractivity contribution in [1.29, 1.82) is 0 Å². The zero-order valence-electron chi connectivity index (χ0n) is 9.74.